The van der Waals surface area contributed by atoms with Crippen LogP contribution < -0.4 is 11.2 Å². The second-order valence-corrected chi connectivity index (χ2v) is 4.87. The van der Waals surface area contributed by atoms with Gasteiger partial charge in [0.25, 0.3) is 5.56 Å². The molecule has 3 rings (SSSR count). The Kier molecular flexibility index (Phi) is 3.17. The van der Waals surface area contributed by atoms with E-state index in [1.54, 1.807) is 0 Å². The van der Waals surface area contributed by atoms with Crippen LogP contribution in [-0.2, 0) is 11.8 Å². The Morgan fingerprint density at radius 2 is 2.10 bits per heavy atom. The summed E-state index contributed by atoms with van der Waals surface area (Å²) in [5.41, 5.74) is -1.13. The predicted octanol–water partition coefficient (Wildman–Crippen LogP) is -2.97. The van der Waals surface area contributed by atoms with Crippen LogP contribution in [0, 0.1) is 0 Å². The number of aliphatic hydroxyl groups excluding tert-OH is 3. The molecule has 1 unspecified atom stereocenters. The van der Waals surface area contributed by atoms with Crippen molar-refractivity contribution in [2.24, 2.45) is 7.05 Å². The van der Waals surface area contributed by atoms with Gasteiger partial charge in [0, 0.05) is 7.05 Å². The Labute approximate surface area is 116 Å². The Morgan fingerprint density at radius 1 is 1.38 bits per heavy atom. The molecule has 0 bridgehead atoms. The first kappa shape index (κ1) is 13.9. The molecule has 10 nitrogen and oxygen atoms in total. The fourth-order valence-electron chi connectivity index (χ4n) is 2.38. The van der Waals surface area contributed by atoms with E-state index in [-0.39, 0.29) is 11.2 Å². The van der Waals surface area contributed by atoms with Crippen LogP contribution in [0.25, 0.3) is 11.2 Å². The Bertz CT molecular complexity index is 792. The molecule has 1 fully saturated rings. The van der Waals surface area contributed by atoms with Crippen molar-refractivity contribution < 1.29 is 20.1 Å². The molecule has 0 radical (unpaired) electrons. The highest BCUT2D eigenvalue weighted by atomic mass is 16.6. The molecular weight excluding hydrogens is 284 g/mol. The summed E-state index contributed by atoms with van der Waals surface area (Å²) in [4.78, 5) is 29.9. The monoisotopic (exact) mass is 298 g/mol. The molecule has 0 aromatic carbocycles. The summed E-state index contributed by atoms with van der Waals surface area (Å²) in [6, 6.07) is 0. The summed E-state index contributed by atoms with van der Waals surface area (Å²) in [6.07, 6.45) is -3.41. The fourth-order valence-corrected chi connectivity index (χ4v) is 2.38. The van der Waals surface area contributed by atoms with Crippen LogP contribution in [0.15, 0.2) is 15.9 Å². The second kappa shape index (κ2) is 4.77. The lowest BCUT2D eigenvalue weighted by Gasteiger charge is -2.16. The van der Waals surface area contributed by atoms with Crippen molar-refractivity contribution in [3.8, 4) is 0 Å². The van der Waals surface area contributed by atoms with E-state index in [1.807, 2.05) is 0 Å². The highest BCUT2D eigenvalue weighted by Crippen LogP contribution is 2.30. The molecule has 0 aliphatic carbocycles. The molecule has 2 aromatic heterocycles. The highest BCUT2D eigenvalue weighted by molar-refractivity contribution is 5.69. The van der Waals surface area contributed by atoms with Crippen LogP contribution in [-0.4, -0.2) is 59.3 Å². The predicted molar refractivity (Wildman–Crippen MR) is 68.6 cm³/mol. The standard InChI is InChI=1S/C11H14N4O6/c1-14-9(19)5-8(13-11(14)20)15(3-12-5)10-7(18)6(17)4(2-16)21-10/h3-4,6-7,10,16-18H,2H2,1H3,(H,13,20)/t4-,6-,7-,10?/m1/s1. The van der Waals surface area contributed by atoms with Crippen LogP contribution in [0.3, 0.4) is 0 Å². The summed E-state index contributed by atoms with van der Waals surface area (Å²) in [5.74, 6) is 0. The molecule has 1 saturated heterocycles. The number of nitrogens with one attached hydrogen (secondary N) is 1. The van der Waals surface area contributed by atoms with Gasteiger partial charge < -0.3 is 20.1 Å². The third-order valence-electron chi connectivity index (χ3n) is 3.62. The van der Waals surface area contributed by atoms with Gasteiger partial charge in [-0.25, -0.2) is 9.78 Å². The van der Waals surface area contributed by atoms with E-state index in [4.69, 9.17) is 9.84 Å². The van der Waals surface area contributed by atoms with Gasteiger partial charge in [-0.05, 0) is 0 Å². The maximum atomic E-state index is 11.9. The van der Waals surface area contributed by atoms with Crippen LogP contribution in [0.5, 0.6) is 0 Å². The zero-order valence-electron chi connectivity index (χ0n) is 11.0. The second-order valence-electron chi connectivity index (χ2n) is 4.87. The van der Waals surface area contributed by atoms with Gasteiger partial charge in [-0.15, -0.1) is 0 Å². The summed E-state index contributed by atoms with van der Waals surface area (Å²) >= 11 is 0. The van der Waals surface area contributed by atoms with Gasteiger partial charge in [0.1, 0.15) is 24.0 Å². The summed E-state index contributed by atoms with van der Waals surface area (Å²) < 4.78 is 7.46. The number of fused-ring (bicyclic) bond motifs is 1. The first-order chi connectivity index (χ1) is 9.95. The minimum Gasteiger partial charge on any atom is -0.394 e. The minimum atomic E-state index is -1.33. The van der Waals surface area contributed by atoms with Crippen LogP contribution in [0.2, 0.25) is 0 Å². The van der Waals surface area contributed by atoms with Gasteiger partial charge in [-0.2, -0.15) is 0 Å². The summed E-state index contributed by atoms with van der Waals surface area (Å²) in [6.45, 7) is -0.473. The van der Waals surface area contributed by atoms with Crippen molar-refractivity contribution in [2.75, 3.05) is 6.61 Å². The van der Waals surface area contributed by atoms with Crippen molar-refractivity contribution in [1.29, 1.82) is 0 Å². The number of imidazole rings is 1. The smallest absolute Gasteiger partial charge is 0.329 e. The molecular formula is C11H14N4O6. The molecule has 0 saturated carbocycles. The zero-order valence-corrected chi connectivity index (χ0v) is 11.0. The fraction of sp³-hybridized carbons (Fsp3) is 0.545. The van der Waals surface area contributed by atoms with E-state index >= 15 is 0 Å². The van der Waals surface area contributed by atoms with Gasteiger partial charge >= 0.3 is 5.69 Å². The van der Waals surface area contributed by atoms with Gasteiger partial charge in [0.2, 0.25) is 0 Å². The molecule has 0 amide bonds. The van der Waals surface area contributed by atoms with E-state index < -0.39 is 42.4 Å². The number of aromatic nitrogens is 4. The lowest BCUT2D eigenvalue weighted by atomic mass is 10.1. The topological polar surface area (TPSA) is 143 Å². The normalized spacial score (nSPS) is 29.3. The third kappa shape index (κ3) is 1.92. The zero-order chi connectivity index (χ0) is 15.3. The van der Waals surface area contributed by atoms with Crippen LogP contribution >= 0.6 is 0 Å². The van der Waals surface area contributed by atoms with Gasteiger partial charge in [0.05, 0.1) is 12.9 Å². The van der Waals surface area contributed by atoms with Crippen LogP contribution in [0.1, 0.15) is 6.23 Å². The SMILES string of the molecule is Cn1c(=O)[nH]c2c(ncn2C2O[C@H](CO)[C@@H](O)[C@H]2O)c1=O. The first-order valence-electron chi connectivity index (χ1n) is 6.24. The molecule has 3 heterocycles. The van der Waals surface area contributed by atoms with E-state index in [0.717, 1.165) is 4.57 Å². The van der Waals surface area contributed by atoms with Crippen molar-refractivity contribution in [3.05, 3.63) is 27.2 Å². The lowest BCUT2D eigenvalue weighted by molar-refractivity contribution is -0.0511. The third-order valence-corrected chi connectivity index (χ3v) is 3.62. The number of hydrogen-bond donors (Lipinski definition) is 4. The maximum absolute atomic E-state index is 11.9. The van der Waals surface area contributed by atoms with Crippen LogP contribution in [0.4, 0.5) is 0 Å². The average Bonchev–Trinajstić information content (AvgIpc) is 2.99. The van der Waals surface area contributed by atoms with Gasteiger partial charge in [-0.3, -0.25) is 18.9 Å². The maximum Gasteiger partial charge on any atom is 0.329 e. The number of aromatic amines is 1. The van der Waals surface area contributed by atoms with E-state index in [9.17, 15) is 19.8 Å². The molecule has 4 atom stereocenters. The number of aliphatic hydroxyl groups is 3. The number of H-pyrrole nitrogens is 1. The Hall–Kier alpha value is -2.01. The summed E-state index contributed by atoms with van der Waals surface area (Å²) in [5, 5.41) is 28.8. The Morgan fingerprint density at radius 3 is 2.71 bits per heavy atom. The Balaban J connectivity index is 2.15. The van der Waals surface area contributed by atoms with Gasteiger partial charge in [0.15, 0.2) is 11.7 Å². The molecule has 4 N–H and O–H groups in total. The van der Waals surface area contributed by atoms with Crippen molar-refractivity contribution in [3.63, 3.8) is 0 Å². The first-order valence-corrected chi connectivity index (χ1v) is 6.24. The van der Waals surface area contributed by atoms with Gasteiger partial charge in [-0.1, -0.05) is 0 Å². The number of nitrogens with zero attached hydrogens (tertiary/aromatic N) is 3. The van der Waals surface area contributed by atoms with Crippen molar-refractivity contribution in [1.82, 2.24) is 19.1 Å². The van der Waals surface area contributed by atoms with Crippen molar-refractivity contribution >= 4 is 11.2 Å². The average molecular weight is 298 g/mol. The highest BCUT2D eigenvalue weighted by Gasteiger charge is 2.43. The number of hydrogen-bond acceptors (Lipinski definition) is 7. The molecule has 1 aliphatic heterocycles. The minimum absolute atomic E-state index is 0.00911. The molecule has 10 heteroatoms. The molecule has 0 spiro atoms. The number of rotatable bonds is 2. The quantitative estimate of drug-likeness (QED) is 0.463. The number of ether oxygens (including phenoxy) is 1. The molecule has 21 heavy (non-hydrogen) atoms. The van der Waals surface area contributed by atoms with E-state index in [0.29, 0.717) is 0 Å². The molecule has 2 aromatic rings. The summed E-state index contributed by atoms with van der Waals surface area (Å²) in [7, 11) is 1.31. The van der Waals surface area contributed by atoms with E-state index in [2.05, 4.69) is 9.97 Å². The van der Waals surface area contributed by atoms with Crippen molar-refractivity contribution in [2.45, 2.75) is 24.5 Å². The molecule has 114 valence electrons. The lowest BCUT2D eigenvalue weighted by Crippen LogP contribution is -2.34. The molecule has 1 aliphatic rings. The largest absolute Gasteiger partial charge is 0.394 e. The van der Waals surface area contributed by atoms with E-state index in [1.165, 1.54) is 17.9 Å².